The Labute approximate surface area is 157 Å². The lowest BCUT2D eigenvalue weighted by Crippen LogP contribution is -2.65. The van der Waals surface area contributed by atoms with Gasteiger partial charge in [-0.25, -0.2) is 4.79 Å². The summed E-state index contributed by atoms with van der Waals surface area (Å²) in [7, 11) is 0. The van der Waals surface area contributed by atoms with Gasteiger partial charge in [0.15, 0.2) is 0 Å². The number of nitrogens with zero attached hydrogens (tertiary/aromatic N) is 2. The van der Waals surface area contributed by atoms with Crippen LogP contribution >= 0.6 is 0 Å². The zero-order valence-electron chi connectivity index (χ0n) is 15.8. The Kier molecular flexibility index (Phi) is 5.46. The molecular formula is C18H28F3N3O3. The van der Waals surface area contributed by atoms with Crippen molar-refractivity contribution in [2.75, 3.05) is 39.3 Å². The molecule has 4 rings (SSSR count). The van der Waals surface area contributed by atoms with E-state index >= 15 is 0 Å². The first-order chi connectivity index (χ1) is 12.6. The summed E-state index contributed by atoms with van der Waals surface area (Å²) in [5.41, 5.74) is 0.674. The van der Waals surface area contributed by atoms with Crippen molar-refractivity contribution >= 4 is 11.9 Å². The van der Waals surface area contributed by atoms with Crippen molar-refractivity contribution in [3.05, 3.63) is 0 Å². The number of hydrogen-bond acceptors (Lipinski definition) is 4. The molecular weight excluding hydrogens is 363 g/mol. The molecule has 4 aliphatic rings. The number of hydrogen-bond donors (Lipinski definition) is 2. The quantitative estimate of drug-likeness (QED) is 0.758. The second-order valence-electron chi connectivity index (χ2n) is 8.29. The van der Waals surface area contributed by atoms with E-state index in [0.717, 1.165) is 19.1 Å². The predicted octanol–water partition coefficient (Wildman–Crippen LogP) is 1.42. The minimum atomic E-state index is -5.08. The zero-order valence-corrected chi connectivity index (χ0v) is 15.8. The molecule has 0 radical (unpaired) electrons. The van der Waals surface area contributed by atoms with Crippen LogP contribution in [0.25, 0.3) is 0 Å². The smallest absolute Gasteiger partial charge is 0.475 e. The lowest BCUT2D eigenvalue weighted by molar-refractivity contribution is -0.192. The van der Waals surface area contributed by atoms with Crippen LogP contribution in [0.3, 0.4) is 0 Å². The number of carbonyl (C=O) groups excluding carboxylic acids is 1. The molecule has 2 saturated heterocycles. The van der Waals surface area contributed by atoms with Gasteiger partial charge in [0, 0.05) is 51.2 Å². The van der Waals surface area contributed by atoms with Crippen LogP contribution in [-0.2, 0) is 9.59 Å². The summed E-state index contributed by atoms with van der Waals surface area (Å²) in [5.74, 6) is -0.602. The number of amides is 1. The fourth-order valence-electron chi connectivity index (χ4n) is 4.93. The van der Waals surface area contributed by atoms with Gasteiger partial charge in [-0.1, -0.05) is 0 Å². The number of rotatable bonds is 4. The van der Waals surface area contributed by atoms with Crippen molar-refractivity contribution < 1.29 is 27.9 Å². The van der Waals surface area contributed by atoms with Crippen molar-refractivity contribution in [1.82, 2.24) is 15.1 Å². The molecule has 1 amide bonds. The van der Waals surface area contributed by atoms with Gasteiger partial charge in [-0.05, 0) is 43.9 Å². The number of piperidine rings is 1. The van der Waals surface area contributed by atoms with Gasteiger partial charge in [0.05, 0.1) is 0 Å². The fourth-order valence-corrected chi connectivity index (χ4v) is 4.93. The van der Waals surface area contributed by atoms with E-state index < -0.39 is 12.1 Å². The van der Waals surface area contributed by atoms with Crippen molar-refractivity contribution in [3.8, 4) is 0 Å². The largest absolute Gasteiger partial charge is 0.490 e. The van der Waals surface area contributed by atoms with Gasteiger partial charge in [-0.15, -0.1) is 0 Å². The maximum Gasteiger partial charge on any atom is 0.490 e. The highest BCUT2D eigenvalue weighted by Gasteiger charge is 2.62. The van der Waals surface area contributed by atoms with Gasteiger partial charge in [0.1, 0.15) is 0 Å². The molecule has 0 aromatic rings. The van der Waals surface area contributed by atoms with E-state index in [1.54, 1.807) is 0 Å². The van der Waals surface area contributed by atoms with Gasteiger partial charge in [0.25, 0.3) is 0 Å². The zero-order chi connectivity index (χ0) is 20.0. The Bertz CT molecular complexity index is 570. The summed E-state index contributed by atoms with van der Waals surface area (Å²) in [4.78, 5) is 26.0. The van der Waals surface area contributed by atoms with E-state index in [2.05, 4.69) is 24.1 Å². The number of carboxylic acid groups (broad SMARTS) is 1. The number of fused-ring (bicyclic) bond motifs is 1. The van der Waals surface area contributed by atoms with E-state index in [-0.39, 0.29) is 0 Å². The predicted molar refractivity (Wildman–Crippen MR) is 92.0 cm³/mol. The molecule has 3 atom stereocenters. The molecule has 0 aromatic heterocycles. The fraction of sp³-hybridized carbons (Fsp3) is 0.889. The number of alkyl halides is 3. The maximum absolute atomic E-state index is 12.4. The highest BCUT2D eigenvalue weighted by Crippen LogP contribution is 2.56. The molecule has 6 nitrogen and oxygen atoms in total. The number of carbonyl (C=O) groups is 2. The summed E-state index contributed by atoms with van der Waals surface area (Å²) >= 11 is 0. The van der Waals surface area contributed by atoms with Crippen LogP contribution in [0, 0.1) is 23.2 Å². The molecule has 1 spiro atoms. The molecule has 2 N–H and O–H groups in total. The lowest BCUT2D eigenvalue weighted by atomic mass is 9.61. The second kappa shape index (κ2) is 7.24. The van der Waals surface area contributed by atoms with E-state index in [0.29, 0.717) is 29.1 Å². The standard InChI is InChI=1S/C16H27N3O.C2HF3O2/c1-3-18(4-2)15(20)14-12-7-19(8-13(12)14)11-5-16(6-11)9-17-10-16;3-2(4,5)1(6)7/h11-14,17H,3-10H2,1-2H3;(H,6,7)/t12-,13+,14?;. The van der Waals surface area contributed by atoms with E-state index in [1.807, 2.05) is 4.90 Å². The third kappa shape index (κ3) is 3.94. The Balaban J connectivity index is 0.000000260. The van der Waals surface area contributed by atoms with Crippen molar-refractivity contribution in [1.29, 1.82) is 0 Å². The van der Waals surface area contributed by atoms with Crippen LogP contribution in [0.4, 0.5) is 13.2 Å². The van der Waals surface area contributed by atoms with Crippen molar-refractivity contribution in [2.24, 2.45) is 23.2 Å². The summed E-state index contributed by atoms with van der Waals surface area (Å²) in [5, 5.41) is 10.5. The normalized spacial score (nSPS) is 31.2. The summed E-state index contributed by atoms with van der Waals surface area (Å²) < 4.78 is 31.7. The number of carboxylic acids is 1. The molecule has 2 aliphatic carbocycles. The minimum absolute atomic E-state index is 0.366. The number of likely N-dealkylation sites (tertiary alicyclic amines) is 1. The molecule has 2 aliphatic heterocycles. The highest BCUT2D eigenvalue weighted by atomic mass is 19.4. The first-order valence-corrected chi connectivity index (χ1v) is 9.65. The summed E-state index contributed by atoms with van der Waals surface area (Å²) in [6.45, 7) is 10.8. The minimum Gasteiger partial charge on any atom is -0.475 e. The molecule has 27 heavy (non-hydrogen) atoms. The topological polar surface area (TPSA) is 72.9 Å². The monoisotopic (exact) mass is 391 g/mol. The molecule has 4 fully saturated rings. The third-order valence-corrected chi connectivity index (χ3v) is 6.68. The van der Waals surface area contributed by atoms with Gasteiger partial charge >= 0.3 is 12.1 Å². The van der Waals surface area contributed by atoms with Crippen LogP contribution in [0.1, 0.15) is 26.7 Å². The Morgan fingerprint density at radius 2 is 1.63 bits per heavy atom. The Morgan fingerprint density at radius 3 is 1.96 bits per heavy atom. The molecule has 1 unspecified atom stereocenters. The summed E-state index contributed by atoms with van der Waals surface area (Å²) in [6.07, 6.45) is -2.29. The lowest BCUT2D eigenvalue weighted by Gasteiger charge is -2.57. The molecule has 154 valence electrons. The Morgan fingerprint density at radius 1 is 1.15 bits per heavy atom. The van der Waals surface area contributed by atoms with E-state index in [9.17, 15) is 18.0 Å². The SMILES string of the molecule is CCN(CC)C(=O)C1[C@H]2CN(C3CC4(CNC4)C3)C[C@@H]12.O=C(O)C(F)(F)F. The van der Waals surface area contributed by atoms with Crippen molar-refractivity contribution in [2.45, 2.75) is 38.9 Å². The van der Waals surface area contributed by atoms with Crippen molar-refractivity contribution in [3.63, 3.8) is 0 Å². The van der Waals surface area contributed by atoms with Gasteiger partial charge in [-0.3, -0.25) is 9.69 Å². The first kappa shape index (κ1) is 20.4. The van der Waals surface area contributed by atoms with Crippen LogP contribution in [-0.4, -0.2) is 78.3 Å². The van der Waals surface area contributed by atoms with Gasteiger partial charge in [0.2, 0.25) is 5.91 Å². The van der Waals surface area contributed by atoms with Crippen LogP contribution < -0.4 is 5.32 Å². The highest BCUT2D eigenvalue weighted by molar-refractivity contribution is 5.82. The van der Waals surface area contributed by atoms with Crippen LogP contribution in [0.15, 0.2) is 0 Å². The number of halogens is 3. The average Bonchev–Trinajstić information content (AvgIpc) is 3.00. The van der Waals surface area contributed by atoms with E-state index in [1.165, 1.54) is 39.0 Å². The number of aliphatic carboxylic acids is 1. The molecule has 0 aromatic carbocycles. The first-order valence-electron chi connectivity index (χ1n) is 9.65. The van der Waals surface area contributed by atoms with Crippen LogP contribution in [0.2, 0.25) is 0 Å². The molecule has 0 bridgehead atoms. The molecule has 2 heterocycles. The number of nitrogens with one attached hydrogen (secondary N) is 1. The van der Waals surface area contributed by atoms with Gasteiger partial charge in [-0.2, -0.15) is 13.2 Å². The molecule has 9 heteroatoms. The third-order valence-electron chi connectivity index (χ3n) is 6.68. The molecule has 2 saturated carbocycles. The second-order valence-corrected chi connectivity index (χ2v) is 8.29. The average molecular weight is 391 g/mol. The maximum atomic E-state index is 12.4. The Hall–Kier alpha value is -1.35. The van der Waals surface area contributed by atoms with Crippen LogP contribution in [0.5, 0.6) is 0 Å². The van der Waals surface area contributed by atoms with Gasteiger partial charge < -0.3 is 15.3 Å². The van der Waals surface area contributed by atoms with E-state index in [4.69, 9.17) is 9.90 Å². The summed E-state index contributed by atoms with van der Waals surface area (Å²) in [6, 6.07) is 0.828.